The zero-order valence-corrected chi connectivity index (χ0v) is 9.09. The normalized spacial score (nSPS) is 20.1. The highest BCUT2D eigenvalue weighted by Gasteiger charge is 2.39. The third kappa shape index (κ3) is 2.68. The predicted octanol–water partition coefficient (Wildman–Crippen LogP) is -1.16. The molecule has 0 saturated carbocycles. The van der Waals surface area contributed by atoms with E-state index in [4.69, 9.17) is 5.73 Å². The molecule has 82 valence electrons. The van der Waals surface area contributed by atoms with Gasteiger partial charge in [-0.25, -0.2) is 8.42 Å². The van der Waals surface area contributed by atoms with Gasteiger partial charge in [-0.2, -0.15) is 0 Å². The molecule has 0 aromatic rings. The van der Waals surface area contributed by atoms with Crippen LogP contribution in [0, 0.1) is 5.92 Å². The maximum atomic E-state index is 11.5. The Balaban J connectivity index is 2.36. The highest BCUT2D eigenvalue weighted by molar-refractivity contribution is 7.92. The van der Waals surface area contributed by atoms with Crippen LogP contribution in [0.4, 0.5) is 0 Å². The van der Waals surface area contributed by atoms with E-state index in [2.05, 4.69) is 0 Å². The second-order valence-electron chi connectivity index (χ2n) is 3.68. The van der Waals surface area contributed by atoms with Gasteiger partial charge in [-0.05, 0) is 13.0 Å². The smallest absolute Gasteiger partial charge is 0.227 e. The molecule has 0 radical (unpaired) electrons. The van der Waals surface area contributed by atoms with E-state index in [1.165, 1.54) is 0 Å². The molecule has 0 unspecified atom stereocenters. The summed E-state index contributed by atoms with van der Waals surface area (Å²) in [5.41, 5.74) is 5.31. The molecule has 0 atom stereocenters. The van der Waals surface area contributed by atoms with Crippen molar-refractivity contribution in [1.29, 1.82) is 0 Å². The first kappa shape index (κ1) is 11.5. The molecule has 0 aromatic carbocycles. The maximum absolute atomic E-state index is 11.5. The lowest BCUT2D eigenvalue weighted by Crippen LogP contribution is -2.47. The fourth-order valence-electron chi connectivity index (χ4n) is 1.46. The molecule has 14 heavy (non-hydrogen) atoms. The molecule has 0 aliphatic carbocycles. The van der Waals surface area contributed by atoms with Gasteiger partial charge in [0.05, 0.1) is 17.4 Å². The molecule has 0 aromatic heterocycles. The molecule has 0 bridgehead atoms. The second-order valence-corrected chi connectivity index (χ2v) is 5.83. The lowest BCUT2D eigenvalue weighted by Gasteiger charge is -2.29. The van der Waals surface area contributed by atoms with Gasteiger partial charge in [-0.15, -0.1) is 0 Å². The Bertz CT molecular complexity index is 301. The summed E-state index contributed by atoms with van der Waals surface area (Å²) in [6, 6.07) is 0. The SMILES string of the molecule is CN(CCCN)C(=O)C1CS(=O)(=O)C1. The average molecular weight is 220 g/mol. The van der Waals surface area contributed by atoms with Crippen LogP contribution >= 0.6 is 0 Å². The van der Waals surface area contributed by atoms with Crippen LogP contribution < -0.4 is 5.73 Å². The lowest BCUT2D eigenvalue weighted by molar-refractivity contribution is -0.133. The summed E-state index contributed by atoms with van der Waals surface area (Å²) in [4.78, 5) is 13.1. The van der Waals surface area contributed by atoms with Crippen molar-refractivity contribution in [3.63, 3.8) is 0 Å². The minimum atomic E-state index is -2.90. The zero-order valence-electron chi connectivity index (χ0n) is 8.27. The number of nitrogens with two attached hydrogens (primary N) is 1. The first-order valence-electron chi connectivity index (χ1n) is 4.62. The van der Waals surface area contributed by atoms with Crippen LogP contribution in [0.1, 0.15) is 6.42 Å². The Labute approximate surface area is 84.2 Å². The number of hydrogen-bond acceptors (Lipinski definition) is 4. The molecule has 1 rings (SSSR count). The molecular weight excluding hydrogens is 204 g/mol. The summed E-state index contributed by atoms with van der Waals surface area (Å²) in [5, 5.41) is 0. The van der Waals surface area contributed by atoms with Crippen molar-refractivity contribution in [3.05, 3.63) is 0 Å². The summed E-state index contributed by atoms with van der Waals surface area (Å²) in [5.74, 6) is -0.367. The minimum absolute atomic E-state index is 0.0127. The number of carbonyl (C=O) groups is 1. The maximum Gasteiger partial charge on any atom is 0.227 e. The van der Waals surface area contributed by atoms with Gasteiger partial charge in [0.1, 0.15) is 0 Å². The van der Waals surface area contributed by atoms with Crippen molar-refractivity contribution < 1.29 is 13.2 Å². The van der Waals surface area contributed by atoms with Crippen molar-refractivity contribution >= 4 is 15.7 Å². The molecule has 1 aliphatic heterocycles. The molecule has 0 spiro atoms. The molecule has 1 heterocycles. The van der Waals surface area contributed by atoms with Crippen LogP contribution in [-0.4, -0.2) is 50.9 Å². The summed E-state index contributed by atoms with van der Waals surface area (Å²) < 4.78 is 21.7. The third-order valence-corrected chi connectivity index (χ3v) is 4.15. The summed E-state index contributed by atoms with van der Waals surface area (Å²) in [6.07, 6.45) is 0.752. The molecule has 1 aliphatic rings. The van der Waals surface area contributed by atoms with Crippen molar-refractivity contribution in [2.45, 2.75) is 6.42 Å². The molecule has 2 N–H and O–H groups in total. The van der Waals surface area contributed by atoms with Gasteiger partial charge < -0.3 is 10.6 Å². The Morgan fingerprint density at radius 3 is 2.50 bits per heavy atom. The van der Waals surface area contributed by atoms with Crippen molar-refractivity contribution in [3.8, 4) is 0 Å². The van der Waals surface area contributed by atoms with Gasteiger partial charge in [0.15, 0.2) is 9.84 Å². The molecule has 1 saturated heterocycles. The van der Waals surface area contributed by atoms with Crippen molar-refractivity contribution in [1.82, 2.24) is 4.90 Å². The third-order valence-electron chi connectivity index (χ3n) is 2.33. The number of carbonyl (C=O) groups excluding carboxylic acids is 1. The van der Waals surface area contributed by atoms with E-state index in [0.717, 1.165) is 6.42 Å². The lowest BCUT2D eigenvalue weighted by atomic mass is 10.1. The van der Waals surface area contributed by atoms with Crippen LogP contribution in [0.25, 0.3) is 0 Å². The minimum Gasteiger partial charge on any atom is -0.345 e. The van der Waals surface area contributed by atoms with E-state index >= 15 is 0 Å². The van der Waals surface area contributed by atoms with E-state index in [1.807, 2.05) is 0 Å². The molecule has 5 nitrogen and oxygen atoms in total. The highest BCUT2D eigenvalue weighted by atomic mass is 32.2. The number of nitrogens with zero attached hydrogens (tertiary/aromatic N) is 1. The van der Waals surface area contributed by atoms with E-state index in [0.29, 0.717) is 13.1 Å². The van der Waals surface area contributed by atoms with E-state index in [9.17, 15) is 13.2 Å². The summed E-state index contributed by atoms with van der Waals surface area (Å²) >= 11 is 0. The monoisotopic (exact) mass is 220 g/mol. The van der Waals surface area contributed by atoms with Crippen LogP contribution in [0.5, 0.6) is 0 Å². The molecule has 1 fully saturated rings. The van der Waals surface area contributed by atoms with Crippen molar-refractivity contribution in [2.75, 3.05) is 31.6 Å². The Morgan fingerprint density at radius 1 is 1.50 bits per heavy atom. The Kier molecular flexibility index (Phi) is 3.49. The number of hydrogen-bond donors (Lipinski definition) is 1. The molecule has 1 amide bonds. The van der Waals surface area contributed by atoms with Gasteiger partial charge in [-0.3, -0.25) is 4.79 Å². The number of sulfone groups is 1. The Morgan fingerprint density at radius 2 is 2.07 bits per heavy atom. The zero-order chi connectivity index (χ0) is 10.8. The Hall–Kier alpha value is -0.620. The first-order valence-corrected chi connectivity index (χ1v) is 6.44. The van der Waals surface area contributed by atoms with Crippen LogP contribution in [0.3, 0.4) is 0 Å². The van der Waals surface area contributed by atoms with Gasteiger partial charge in [0, 0.05) is 13.6 Å². The van der Waals surface area contributed by atoms with Gasteiger partial charge >= 0.3 is 0 Å². The molecular formula is C8H16N2O3S. The van der Waals surface area contributed by atoms with E-state index in [-0.39, 0.29) is 23.3 Å². The summed E-state index contributed by atoms with van der Waals surface area (Å²) in [7, 11) is -1.22. The quantitative estimate of drug-likeness (QED) is 0.648. The number of amides is 1. The fraction of sp³-hybridized carbons (Fsp3) is 0.875. The second kappa shape index (κ2) is 4.27. The van der Waals surface area contributed by atoms with Crippen molar-refractivity contribution in [2.24, 2.45) is 11.7 Å². The van der Waals surface area contributed by atoms with Gasteiger partial charge in [0.25, 0.3) is 0 Å². The largest absolute Gasteiger partial charge is 0.345 e. The fourth-order valence-corrected chi connectivity index (χ4v) is 2.87. The van der Waals surface area contributed by atoms with E-state index in [1.54, 1.807) is 11.9 Å². The highest BCUT2D eigenvalue weighted by Crippen LogP contribution is 2.20. The van der Waals surface area contributed by atoms with Crippen LogP contribution in [0.2, 0.25) is 0 Å². The predicted molar refractivity (Wildman–Crippen MR) is 53.5 cm³/mol. The van der Waals surface area contributed by atoms with Gasteiger partial charge in [0.2, 0.25) is 5.91 Å². The van der Waals surface area contributed by atoms with Gasteiger partial charge in [-0.1, -0.05) is 0 Å². The summed E-state index contributed by atoms with van der Waals surface area (Å²) in [6.45, 7) is 1.15. The first-order chi connectivity index (χ1) is 6.46. The molecule has 6 heteroatoms. The topological polar surface area (TPSA) is 80.5 Å². The van der Waals surface area contributed by atoms with E-state index < -0.39 is 9.84 Å². The van der Waals surface area contributed by atoms with Crippen LogP contribution in [0.15, 0.2) is 0 Å². The standard InChI is InChI=1S/C8H16N2O3S/c1-10(4-2-3-9)8(11)7-5-14(12,13)6-7/h7H,2-6,9H2,1H3. The average Bonchev–Trinajstić information content (AvgIpc) is 2.08. The number of rotatable bonds is 4. The van der Waals surface area contributed by atoms with Crippen LogP contribution in [-0.2, 0) is 14.6 Å².